The summed E-state index contributed by atoms with van der Waals surface area (Å²) in [4.78, 5) is 26.1. The number of carbonyl (C=O) groups is 2. The molecule has 6 heteroatoms. The first kappa shape index (κ1) is 16.1. The molecule has 116 valence electrons. The molecule has 0 aliphatic carbocycles. The van der Waals surface area contributed by atoms with E-state index in [0.29, 0.717) is 20.5 Å². The van der Waals surface area contributed by atoms with Crippen LogP contribution in [0, 0.1) is 0 Å². The SMILES string of the molecule is O=C1S/C(=C\c2cccc(Cl)c2Cl)C(=O)N1Cc1ccccc1. The van der Waals surface area contributed by atoms with Gasteiger partial charge in [-0.3, -0.25) is 14.5 Å². The fraction of sp³-hybridized carbons (Fsp3) is 0.0588. The minimum absolute atomic E-state index is 0.256. The molecule has 0 radical (unpaired) electrons. The third-order valence-corrected chi connectivity index (χ3v) is 5.07. The molecule has 0 spiro atoms. The van der Waals surface area contributed by atoms with Crippen molar-refractivity contribution in [1.82, 2.24) is 4.90 Å². The molecule has 1 aliphatic heterocycles. The van der Waals surface area contributed by atoms with E-state index in [1.54, 1.807) is 24.3 Å². The van der Waals surface area contributed by atoms with Gasteiger partial charge in [0.1, 0.15) is 0 Å². The Morgan fingerprint density at radius 1 is 1.00 bits per heavy atom. The van der Waals surface area contributed by atoms with Gasteiger partial charge in [0.05, 0.1) is 21.5 Å². The van der Waals surface area contributed by atoms with Crippen molar-refractivity contribution in [3.8, 4) is 0 Å². The lowest BCUT2D eigenvalue weighted by atomic mass is 10.2. The van der Waals surface area contributed by atoms with Crippen LogP contribution in [-0.2, 0) is 11.3 Å². The first-order valence-corrected chi connectivity index (χ1v) is 8.37. The van der Waals surface area contributed by atoms with Crippen LogP contribution >= 0.6 is 35.0 Å². The number of amides is 2. The number of benzene rings is 2. The van der Waals surface area contributed by atoms with Gasteiger partial charge in [0.2, 0.25) is 0 Å². The maximum Gasteiger partial charge on any atom is 0.293 e. The topological polar surface area (TPSA) is 37.4 Å². The van der Waals surface area contributed by atoms with E-state index < -0.39 is 0 Å². The first-order chi connectivity index (χ1) is 11.1. The molecule has 3 nitrogen and oxygen atoms in total. The van der Waals surface area contributed by atoms with Crippen molar-refractivity contribution < 1.29 is 9.59 Å². The van der Waals surface area contributed by atoms with Crippen LogP contribution in [0.1, 0.15) is 11.1 Å². The molecule has 23 heavy (non-hydrogen) atoms. The molecule has 1 heterocycles. The minimum Gasteiger partial charge on any atom is -0.268 e. The maximum atomic E-state index is 12.5. The molecule has 0 saturated carbocycles. The van der Waals surface area contributed by atoms with E-state index in [1.165, 1.54) is 4.90 Å². The first-order valence-electron chi connectivity index (χ1n) is 6.79. The zero-order valence-electron chi connectivity index (χ0n) is 11.8. The van der Waals surface area contributed by atoms with E-state index in [-0.39, 0.29) is 17.7 Å². The van der Waals surface area contributed by atoms with Crippen LogP contribution in [-0.4, -0.2) is 16.0 Å². The van der Waals surface area contributed by atoms with Crippen molar-refractivity contribution in [2.24, 2.45) is 0 Å². The predicted molar refractivity (Wildman–Crippen MR) is 94.4 cm³/mol. The van der Waals surface area contributed by atoms with Crippen LogP contribution in [0.25, 0.3) is 6.08 Å². The van der Waals surface area contributed by atoms with Gasteiger partial charge in [-0.15, -0.1) is 0 Å². The quantitative estimate of drug-likeness (QED) is 0.700. The number of carbonyl (C=O) groups excluding carboxylic acids is 2. The number of halogens is 2. The summed E-state index contributed by atoms with van der Waals surface area (Å²) in [5.74, 6) is -0.320. The Morgan fingerprint density at radius 3 is 2.48 bits per heavy atom. The average Bonchev–Trinajstić information content (AvgIpc) is 2.80. The number of rotatable bonds is 3. The number of hydrogen-bond donors (Lipinski definition) is 0. The van der Waals surface area contributed by atoms with Gasteiger partial charge < -0.3 is 0 Å². The second-order valence-electron chi connectivity index (χ2n) is 4.90. The fourth-order valence-electron chi connectivity index (χ4n) is 2.18. The van der Waals surface area contributed by atoms with Crippen LogP contribution in [0.4, 0.5) is 4.79 Å². The zero-order chi connectivity index (χ0) is 16.4. The van der Waals surface area contributed by atoms with Gasteiger partial charge in [-0.1, -0.05) is 65.7 Å². The summed E-state index contributed by atoms with van der Waals surface area (Å²) in [6.07, 6.45) is 1.60. The largest absolute Gasteiger partial charge is 0.293 e. The van der Waals surface area contributed by atoms with E-state index in [9.17, 15) is 9.59 Å². The normalized spacial score (nSPS) is 16.4. The summed E-state index contributed by atoms with van der Waals surface area (Å²) in [5.41, 5.74) is 1.52. The van der Waals surface area contributed by atoms with Crippen molar-refractivity contribution in [3.63, 3.8) is 0 Å². The van der Waals surface area contributed by atoms with E-state index >= 15 is 0 Å². The number of imide groups is 1. The summed E-state index contributed by atoms with van der Waals surface area (Å²) in [5, 5.41) is 0.483. The molecule has 2 aromatic rings. The van der Waals surface area contributed by atoms with Gasteiger partial charge in [-0.05, 0) is 35.0 Å². The number of nitrogens with zero attached hydrogens (tertiary/aromatic N) is 1. The van der Waals surface area contributed by atoms with E-state index in [2.05, 4.69) is 0 Å². The molecule has 1 fully saturated rings. The van der Waals surface area contributed by atoms with E-state index in [0.717, 1.165) is 17.3 Å². The Bertz CT molecular complexity index is 805. The molecule has 0 aromatic heterocycles. The van der Waals surface area contributed by atoms with Crippen molar-refractivity contribution in [3.05, 3.63) is 74.6 Å². The molecule has 3 rings (SSSR count). The Balaban J connectivity index is 1.86. The molecule has 0 N–H and O–H groups in total. The highest BCUT2D eigenvalue weighted by molar-refractivity contribution is 8.18. The fourth-order valence-corrected chi connectivity index (χ4v) is 3.37. The van der Waals surface area contributed by atoms with E-state index in [4.69, 9.17) is 23.2 Å². The monoisotopic (exact) mass is 363 g/mol. The second-order valence-corrected chi connectivity index (χ2v) is 6.67. The van der Waals surface area contributed by atoms with Gasteiger partial charge >= 0.3 is 0 Å². The highest BCUT2D eigenvalue weighted by Gasteiger charge is 2.35. The van der Waals surface area contributed by atoms with Crippen LogP contribution in [0.2, 0.25) is 10.0 Å². The molecule has 0 unspecified atom stereocenters. The average molecular weight is 364 g/mol. The lowest BCUT2D eigenvalue weighted by Gasteiger charge is -2.12. The molecule has 1 saturated heterocycles. The summed E-state index contributed by atoms with van der Waals surface area (Å²) in [7, 11) is 0. The lowest BCUT2D eigenvalue weighted by Crippen LogP contribution is -2.27. The highest BCUT2D eigenvalue weighted by atomic mass is 35.5. The third-order valence-electron chi connectivity index (χ3n) is 3.33. The summed E-state index contributed by atoms with van der Waals surface area (Å²) >= 11 is 13.0. The van der Waals surface area contributed by atoms with Crippen LogP contribution in [0.5, 0.6) is 0 Å². The van der Waals surface area contributed by atoms with E-state index in [1.807, 2.05) is 30.3 Å². The molecule has 0 bridgehead atoms. The van der Waals surface area contributed by atoms with Gasteiger partial charge in [-0.2, -0.15) is 0 Å². The molecular weight excluding hydrogens is 353 g/mol. The zero-order valence-corrected chi connectivity index (χ0v) is 14.2. The minimum atomic E-state index is -0.320. The molecule has 2 aromatic carbocycles. The Kier molecular flexibility index (Phi) is 4.76. The van der Waals surface area contributed by atoms with Crippen molar-refractivity contribution in [2.75, 3.05) is 0 Å². The Hall–Kier alpha value is -1.75. The van der Waals surface area contributed by atoms with Gasteiger partial charge in [0.25, 0.3) is 11.1 Å². The summed E-state index contributed by atoms with van der Waals surface area (Å²) < 4.78 is 0. The molecule has 0 atom stereocenters. The van der Waals surface area contributed by atoms with Gasteiger partial charge in [0.15, 0.2) is 0 Å². The van der Waals surface area contributed by atoms with Crippen LogP contribution in [0.15, 0.2) is 53.4 Å². The predicted octanol–water partition coefficient (Wildman–Crippen LogP) is 5.23. The Morgan fingerprint density at radius 2 is 1.74 bits per heavy atom. The summed E-state index contributed by atoms with van der Waals surface area (Å²) in [6.45, 7) is 0.256. The highest BCUT2D eigenvalue weighted by Crippen LogP contribution is 2.35. The number of hydrogen-bond acceptors (Lipinski definition) is 3. The van der Waals surface area contributed by atoms with Crippen molar-refractivity contribution in [1.29, 1.82) is 0 Å². The van der Waals surface area contributed by atoms with Crippen molar-refractivity contribution >= 4 is 52.2 Å². The Labute approximate surface area is 147 Å². The van der Waals surface area contributed by atoms with Gasteiger partial charge in [0, 0.05) is 0 Å². The maximum absolute atomic E-state index is 12.5. The van der Waals surface area contributed by atoms with Gasteiger partial charge in [-0.25, -0.2) is 0 Å². The summed E-state index contributed by atoms with van der Waals surface area (Å²) in [6, 6.07) is 14.5. The number of thioether (sulfide) groups is 1. The van der Waals surface area contributed by atoms with Crippen molar-refractivity contribution in [2.45, 2.75) is 6.54 Å². The second kappa shape index (κ2) is 6.79. The standard InChI is InChI=1S/C17H11Cl2NO2S/c18-13-8-4-7-12(15(13)19)9-14-16(21)20(17(22)23-14)10-11-5-2-1-3-6-11/h1-9H,10H2/b14-9-. The van der Waals surface area contributed by atoms with Crippen LogP contribution < -0.4 is 0 Å². The van der Waals surface area contributed by atoms with Crippen LogP contribution in [0.3, 0.4) is 0 Å². The lowest BCUT2D eigenvalue weighted by molar-refractivity contribution is -0.123. The smallest absolute Gasteiger partial charge is 0.268 e. The molecular formula is C17H11Cl2NO2S. The molecule has 2 amide bonds. The third kappa shape index (κ3) is 3.44. The molecule has 1 aliphatic rings.